The van der Waals surface area contributed by atoms with Crippen LogP contribution in [0, 0.1) is 13.8 Å². The Kier molecular flexibility index (Phi) is 9.05. The van der Waals surface area contributed by atoms with Gasteiger partial charge in [-0.25, -0.2) is 8.42 Å². The molecule has 0 heterocycles. The molecule has 0 aliphatic heterocycles. The average Bonchev–Trinajstić information content (AvgIpc) is 2.75. The van der Waals surface area contributed by atoms with Crippen molar-refractivity contribution in [2.75, 3.05) is 17.1 Å². The molecule has 8 heteroatoms. The number of aryl methyl sites for hydroxylation is 2. The summed E-state index contributed by atoms with van der Waals surface area (Å²) in [6.45, 7) is 9.10. The van der Waals surface area contributed by atoms with E-state index in [1.165, 1.54) is 4.90 Å². The summed E-state index contributed by atoms with van der Waals surface area (Å²) >= 11 is 0. The zero-order valence-corrected chi connectivity index (χ0v) is 21.1. The first-order valence-electron chi connectivity index (χ1n) is 11.1. The van der Waals surface area contributed by atoms with Crippen LogP contribution in [0.2, 0.25) is 0 Å². The zero-order valence-electron chi connectivity index (χ0n) is 20.3. The van der Waals surface area contributed by atoms with Crippen LogP contribution in [0.5, 0.6) is 0 Å². The molecule has 0 bridgehead atoms. The first-order valence-corrected chi connectivity index (χ1v) is 13.0. The van der Waals surface area contributed by atoms with Gasteiger partial charge in [0.2, 0.25) is 21.8 Å². The van der Waals surface area contributed by atoms with E-state index in [2.05, 4.69) is 5.32 Å². The molecule has 2 amide bonds. The molecule has 2 aromatic carbocycles. The van der Waals surface area contributed by atoms with E-state index in [9.17, 15) is 18.0 Å². The number of benzene rings is 2. The summed E-state index contributed by atoms with van der Waals surface area (Å²) in [5, 5.41) is 2.92. The number of hydrogen-bond acceptors (Lipinski definition) is 4. The van der Waals surface area contributed by atoms with Gasteiger partial charge in [-0.05, 0) is 51.3 Å². The molecule has 7 nitrogen and oxygen atoms in total. The lowest BCUT2D eigenvalue weighted by atomic mass is 10.1. The molecule has 0 saturated heterocycles. The molecule has 0 aliphatic rings. The molecule has 0 aliphatic carbocycles. The summed E-state index contributed by atoms with van der Waals surface area (Å²) in [5.74, 6) is -0.718. The second-order valence-corrected chi connectivity index (χ2v) is 10.5. The minimum absolute atomic E-state index is 0.0321. The van der Waals surface area contributed by atoms with Gasteiger partial charge in [0.05, 0.1) is 11.9 Å². The molecule has 1 N–H and O–H groups in total. The number of carbonyl (C=O) groups excluding carboxylic acids is 2. The first-order chi connectivity index (χ1) is 15.4. The molecular formula is C25H35N3O4S. The Bertz CT molecular complexity index is 1080. The normalized spacial score (nSPS) is 13.2. The van der Waals surface area contributed by atoms with Crippen LogP contribution in [0.15, 0.2) is 48.5 Å². The van der Waals surface area contributed by atoms with Crippen molar-refractivity contribution >= 4 is 27.5 Å². The first kappa shape index (κ1) is 26.4. The van der Waals surface area contributed by atoms with Crippen LogP contribution in [0.1, 0.15) is 43.9 Å². The Morgan fingerprint density at radius 2 is 1.70 bits per heavy atom. The van der Waals surface area contributed by atoms with Crippen LogP contribution in [0.3, 0.4) is 0 Å². The highest BCUT2D eigenvalue weighted by atomic mass is 32.2. The number of amides is 2. The van der Waals surface area contributed by atoms with E-state index in [0.717, 1.165) is 33.7 Å². The van der Waals surface area contributed by atoms with Crippen molar-refractivity contribution in [3.8, 4) is 0 Å². The Morgan fingerprint density at radius 3 is 2.27 bits per heavy atom. The number of nitrogens with one attached hydrogen (secondary N) is 1. The highest BCUT2D eigenvalue weighted by Gasteiger charge is 2.30. The minimum Gasteiger partial charge on any atom is -0.352 e. The highest BCUT2D eigenvalue weighted by Crippen LogP contribution is 2.23. The van der Waals surface area contributed by atoms with E-state index in [0.29, 0.717) is 5.69 Å². The predicted molar refractivity (Wildman–Crippen MR) is 132 cm³/mol. The summed E-state index contributed by atoms with van der Waals surface area (Å²) in [4.78, 5) is 27.8. The summed E-state index contributed by atoms with van der Waals surface area (Å²) in [7, 11) is -3.73. The summed E-state index contributed by atoms with van der Waals surface area (Å²) in [6, 6.07) is 13.9. The molecule has 2 aromatic rings. The third-order valence-electron chi connectivity index (χ3n) is 5.67. The van der Waals surface area contributed by atoms with Gasteiger partial charge in [-0.2, -0.15) is 0 Å². The summed E-state index contributed by atoms with van der Waals surface area (Å²) in [6.07, 6.45) is 1.84. The fourth-order valence-electron chi connectivity index (χ4n) is 3.49. The molecular weight excluding hydrogens is 438 g/mol. The van der Waals surface area contributed by atoms with Crippen LogP contribution in [-0.4, -0.2) is 50.0 Å². The number of nitrogens with zero attached hydrogens (tertiary/aromatic N) is 2. The van der Waals surface area contributed by atoms with Crippen molar-refractivity contribution in [2.45, 2.75) is 59.7 Å². The Hall–Kier alpha value is -2.87. The molecule has 0 fully saturated rings. The van der Waals surface area contributed by atoms with E-state index >= 15 is 0 Å². The quantitative estimate of drug-likeness (QED) is 0.573. The number of rotatable bonds is 10. The van der Waals surface area contributed by atoms with Crippen molar-refractivity contribution in [1.82, 2.24) is 10.2 Å². The third kappa shape index (κ3) is 7.32. The molecule has 180 valence electrons. The van der Waals surface area contributed by atoms with Crippen LogP contribution < -0.4 is 9.62 Å². The maximum absolute atomic E-state index is 13.5. The fourth-order valence-corrected chi connectivity index (χ4v) is 4.40. The van der Waals surface area contributed by atoms with Crippen molar-refractivity contribution in [1.29, 1.82) is 0 Å². The van der Waals surface area contributed by atoms with Gasteiger partial charge in [0, 0.05) is 12.6 Å². The molecule has 33 heavy (non-hydrogen) atoms. The molecule has 0 radical (unpaired) electrons. The standard InChI is InChI=1S/C25H35N3O4S/c1-7-20(4)26-25(30)21(5)27(16-22-13-10-11-18(2)15-22)24(29)17-28(33(6,31)32)23-14-9-8-12-19(23)3/h8-15,20-21H,7,16-17H2,1-6H3,(H,26,30)/t20-,21-/m1/s1. The molecule has 0 spiro atoms. The van der Waals surface area contributed by atoms with Crippen LogP contribution in [0.4, 0.5) is 5.69 Å². The van der Waals surface area contributed by atoms with Gasteiger partial charge in [0.15, 0.2) is 0 Å². The summed E-state index contributed by atoms with van der Waals surface area (Å²) in [5.41, 5.74) is 3.09. The largest absolute Gasteiger partial charge is 0.352 e. The summed E-state index contributed by atoms with van der Waals surface area (Å²) < 4.78 is 26.3. The Labute approximate surface area is 197 Å². The maximum Gasteiger partial charge on any atom is 0.244 e. The van der Waals surface area contributed by atoms with Gasteiger partial charge in [-0.3, -0.25) is 13.9 Å². The molecule has 2 rings (SSSR count). The number of hydrogen-bond donors (Lipinski definition) is 1. The number of para-hydroxylation sites is 1. The van der Waals surface area contributed by atoms with Crippen molar-refractivity contribution < 1.29 is 18.0 Å². The van der Waals surface area contributed by atoms with Crippen LogP contribution in [0.25, 0.3) is 0 Å². The maximum atomic E-state index is 13.5. The van der Waals surface area contributed by atoms with E-state index in [1.807, 2.05) is 51.1 Å². The van der Waals surface area contributed by atoms with Crippen molar-refractivity contribution in [2.24, 2.45) is 0 Å². The third-order valence-corrected chi connectivity index (χ3v) is 6.79. The van der Waals surface area contributed by atoms with E-state index in [-0.39, 0.29) is 18.5 Å². The van der Waals surface area contributed by atoms with Gasteiger partial charge >= 0.3 is 0 Å². The van der Waals surface area contributed by atoms with Gasteiger partial charge in [0.1, 0.15) is 12.6 Å². The molecule has 0 aromatic heterocycles. The molecule has 0 saturated carbocycles. The zero-order chi connectivity index (χ0) is 24.8. The Morgan fingerprint density at radius 1 is 1.03 bits per heavy atom. The fraction of sp³-hybridized carbons (Fsp3) is 0.440. The lowest BCUT2D eigenvalue weighted by Gasteiger charge is -2.32. The van der Waals surface area contributed by atoms with Crippen molar-refractivity contribution in [3.05, 3.63) is 65.2 Å². The topological polar surface area (TPSA) is 86.8 Å². The number of sulfonamides is 1. The second-order valence-electron chi connectivity index (χ2n) is 8.56. The van der Waals surface area contributed by atoms with E-state index in [1.54, 1.807) is 32.0 Å². The van der Waals surface area contributed by atoms with Gasteiger partial charge < -0.3 is 10.2 Å². The van der Waals surface area contributed by atoms with Gasteiger partial charge in [-0.15, -0.1) is 0 Å². The van der Waals surface area contributed by atoms with Crippen molar-refractivity contribution in [3.63, 3.8) is 0 Å². The second kappa shape index (κ2) is 11.3. The predicted octanol–water partition coefficient (Wildman–Crippen LogP) is 3.40. The highest BCUT2D eigenvalue weighted by molar-refractivity contribution is 7.92. The number of carbonyl (C=O) groups is 2. The molecule has 2 atom stereocenters. The van der Waals surface area contributed by atoms with Gasteiger partial charge in [-0.1, -0.05) is 55.0 Å². The SMILES string of the molecule is CC[C@@H](C)NC(=O)[C@@H](C)N(Cc1cccc(C)c1)C(=O)CN(c1ccccc1C)S(C)(=O)=O. The smallest absolute Gasteiger partial charge is 0.244 e. The van der Waals surface area contributed by atoms with Crippen LogP contribution in [-0.2, 0) is 26.2 Å². The van der Waals surface area contributed by atoms with E-state index < -0.39 is 28.5 Å². The van der Waals surface area contributed by atoms with Gasteiger partial charge in [0.25, 0.3) is 0 Å². The lowest BCUT2D eigenvalue weighted by molar-refractivity contribution is -0.139. The van der Waals surface area contributed by atoms with E-state index in [4.69, 9.17) is 0 Å². The monoisotopic (exact) mass is 473 g/mol. The lowest BCUT2D eigenvalue weighted by Crippen LogP contribution is -2.52. The minimum atomic E-state index is -3.73. The number of anilines is 1. The molecule has 0 unspecified atom stereocenters. The van der Waals surface area contributed by atoms with Crippen LogP contribution >= 0.6 is 0 Å². The Balaban J connectivity index is 2.40. The average molecular weight is 474 g/mol.